The second kappa shape index (κ2) is 10.2. The average Bonchev–Trinajstić information content (AvgIpc) is 2.79. The molecule has 1 aliphatic rings. The van der Waals surface area contributed by atoms with Crippen LogP contribution in [-0.4, -0.2) is 39.3 Å². The summed E-state index contributed by atoms with van der Waals surface area (Å²) in [7, 11) is 0. The van der Waals surface area contributed by atoms with Crippen LogP contribution in [0.15, 0.2) is 59.4 Å². The number of thioether (sulfide) groups is 1. The molecule has 33 heavy (non-hydrogen) atoms. The highest BCUT2D eigenvalue weighted by Crippen LogP contribution is 2.24. The quantitative estimate of drug-likeness (QED) is 0.540. The minimum Gasteiger partial charge on any atom is -0.489 e. The van der Waals surface area contributed by atoms with Crippen LogP contribution in [0.5, 0.6) is 5.75 Å². The largest absolute Gasteiger partial charge is 0.489 e. The molecule has 0 spiro atoms. The minimum atomic E-state index is -0.992. The Bertz CT molecular complexity index is 1200. The van der Waals surface area contributed by atoms with Crippen LogP contribution in [0.2, 0.25) is 0 Å². The molecule has 1 aromatic heterocycles. The van der Waals surface area contributed by atoms with Crippen molar-refractivity contribution in [3.8, 4) is 17.0 Å². The number of benzene rings is 2. The van der Waals surface area contributed by atoms with Gasteiger partial charge in [0.25, 0.3) is 11.5 Å². The molecule has 172 valence electrons. The van der Waals surface area contributed by atoms with Gasteiger partial charge in [0, 0.05) is 34.7 Å². The van der Waals surface area contributed by atoms with Crippen molar-refractivity contribution in [1.29, 1.82) is 0 Å². The zero-order valence-electron chi connectivity index (χ0n) is 18.0. The van der Waals surface area contributed by atoms with Gasteiger partial charge in [0.15, 0.2) is 11.6 Å². The fraction of sp³-hybridized carbons (Fsp3) is 0.292. The van der Waals surface area contributed by atoms with E-state index < -0.39 is 11.6 Å². The van der Waals surface area contributed by atoms with E-state index in [1.54, 1.807) is 24.3 Å². The Morgan fingerprint density at radius 1 is 1.15 bits per heavy atom. The molecule has 1 amide bonds. The Morgan fingerprint density at radius 3 is 2.55 bits per heavy atom. The first-order valence-corrected chi connectivity index (χ1v) is 11.8. The van der Waals surface area contributed by atoms with E-state index in [1.165, 1.54) is 22.9 Å². The fourth-order valence-corrected chi connectivity index (χ4v) is 3.87. The Balaban J connectivity index is 1.44. The molecule has 2 aromatic carbocycles. The molecule has 2 heterocycles. The highest BCUT2D eigenvalue weighted by molar-refractivity contribution is 8.00. The van der Waals surface area contributed by atoms with Gasteiger partial charge in [-0.3, -0.25) is 9.59 Å². The number of carbonyl (C=O) groups excluding carboxylic acids is 1. The van der Waals surface area contributed by atoms with Crippen molar-refractivity contribution < 1.29 is 18.3 Å². The van der Waals surface area contributed by atoms with Gasteiger partial charge in [-0.1, -0.05) is 6.92 Å². The molecular weight excluding hydrogens is 448 g/mol. The summed E-state index contributed by atoms with van der Waals surface area (Å²) < 4.78 is 33.8. The summed E-state index contributed by atoms with van der Waals surface area (Å²) in [6.07, 6.45) is 0.794. The highest BCUT2D eigenvalue weighted by Gasteiger charge is 2.20. The zero-order chi connectivity index (χ0) is 23.4. The van der Waals surface area contributed by atoms with Crippen LogP contribution in [0.3, 0.4) is 0 Å². The maximum absolute atomic E-state index is 13.6. The normalized spacial score (nSPS) is 14.4. The zero-order valence-corrected chi connectivity index (χ0v) is 18.8. The number of hydrogen-bond acceptors (Lipinski definition) is 5. The predicted octanol–water partition coefficient (Wildman–Crippen LogP) is 3.89. The number of rotatable bonds is 8. The molecule has 1 saturated heterocycles. The molecule has 0 aliphatic carbocycles. The second-order valence-corrected chi connectivity index (χ2v) is 8.82. The smallest absolute Gasteiger partial charge is 0.266 e. The first kappa shape index (κ1) is 23.0. The molecule has 0 bridgehead atoms. The third kappa shape index (κ3) is 5.60. The van der Waals surface area contributed by atoms with E-state index in [0.29, 0.717) is 23.2 Å². The number of aromatic nitrogens is 2. The van der Waals surface area contributed by atoms with Crippen molar-refractivity contribution in [3.05, 3.63) is 82.1 Å². The van der Waals surface area contributed by atoms with Crippen molar-refractivity contribution in [3.63, 3.8) is 0 Å². The number of hydrogen-bond donors (Lipinski definition) is 1. The van der Waals surface area contributed by atoms with Crippen molar-refractivity contribution in [2.45, 2.75) is 32.0 Å². The van der Waals surface area contributed by atoms with Crippen LogP contribution in [0.25, 0.3) is 11.3 Å². The van der Waals surface area contributed by atoms with Gasteiger partial charge in [0.1, 0.15) is 11.9 Å². The molecule has 0 unspecified atom stereocenters. The van der Waals surface area contributed by atoms with E-state index in [4.69, 9.17) is 4.74 Å². The van der Waals surface area contributed by atoms with Crippen molar-refractivity contribution in [1.82, 2.24) is 15.1 Å². The summed E-state index contributed by atoms with van der Waals surface area (Å²) in [6.45, 7) is 2.03. The number of nitrogens with zero attached hydrogens (tertiary/aromatic N) is 2. The number of halogens is 2. The summed E-state index contributed by atoms with van der Waals surface area (Å²) in [5, 5.41) is 7.20. The van der Waals surface area contributed by atoms with E-state index in [2.05, 4.69) is 10.4 Å². The molecule has 6 nitrogen and oxygen atoms in total. The van der Waals surface area contributed by atoms with Crippen LogP contribution in [0.1, 0.15) is 23.7 Å². The number of amides is 1. The van der Waals surface area contributed by atoms with Gasteiger partial charge >= 0.3 is 0 Å². The van der Waals surface area contributed by atoms with Gasteiger partial charge < -0.3 is 10.1 Å². The predicted molar refractivity (Wildman–Crippen MR) is 124 cm³/mol. The van der Waals surface area contributed by atoms with Gasteiger partial charge in [0.2, 0.25) is 0 Å². The van der Waals surface area contributed by atoms with Gasteiger partial charge in [-0.15, -0.1) is 0 Å². The summed E-state index contributed by atoms with van der Waals surface area (Å²) in [5.74, 6) is 0.471. The van der Waals surface area contributed by atoms with E-state index in [-0.39, 0.29) is 30.2 Å². The van der Waals surface area contributed by atoms with Crippen molar-refractivity contribution in [2.24, 2.45) is 0 Å². The van der Waals surface area contributed by atoms with E-state index in [0.717, 1.165) is 29.4 Å². The number of ether oxygens (including phenoxy) is 1. The van der Waals surface area contributed by atoms with Crippen LogP contribution in [-0.2, 0) is 6.54 Å². The molecule has 0 radical (unpaired) electrons. The topological polar surface area (TPSA) is 73.2 Å². The molecule has 4 rings (SSSR count). The van der Waals surface area contributed by atoms with Crippen LogP contribution in [0.4, 0.5) is 8.78 Å². The van der Waals surface area contributed by atoms with Gasteiger partial charge in [0.05, 0.1) is 12.2 Å². The van der Waals surface area contributed by atoms with Gasteiger partial charge in [-0.05, 0) is 55.0 Å². The highest BCUT2D eigenvalue weighted by atomic mass is 32.2. The SMILES string of the molecule is CC[C@H](Cn1nc(-c2ccc(F)c(F)c2)ccc1=O)NC(=O)c1ccc(OC2CSC2)cc1. The third-order valence-corrected chi connectivity index (χ3v) is 6.55. The monoisotopic (exact) mass is 471 g/mol. The lowest BCUT2D eigenvalue weighted by Gasteiger charge is -2.25. The Labute approximate surface area is 194 Å². The summed E-state index contributed by atoms with van der Waals surface area (Å²) >= 11 is 1.83. The number of carbonyl (C=O) groups is 1. The van der Waals surface area contributed by atoms with E-state index in [9.17, 15) is 18.4 Å². The fourth-order valence-electron chi connectivity index (χ4n) is 3.30. The lowest BCUT2D eigenvalue weighted by atomic mass is 10.1. The van der Waals surface area contributed by atoms with Crippen molar-refractivity contribution >= 4 is 17.7 Å². The summed E-state index contributed by atoms with van der Waals surface area (Å²) in [4.78, 5) is 25.0. The Hall–Kier alpha value is -3.20. The summed E-state index contributed by atoms with van der Waals surface area (Å²) in [6, 6.07) is 12.8. The first-order valence-electron chi connectivity index (χ1n) is 10.6. The Kier molecular flexibility index (Phi) is 7.08. The average molecular weight is 472 g/mol. The molecular formula is C24H23F2N3O3S. The molecule has 3 aromatic rings. The minimum absolute atomic E-state index is 0.138. The summed E-state index contributed by atoms with van der Waals surface area (Å²) in [5.41, 5.74) is 0.807. The van der Waals surface area contributed by atoms with Crippen LogP contribution in [0, 0.1) is 11.6 Å². The standard InChI is InChI=1S/C24H23F2N3O3S/c1-2-17(27-24(31)15-3-6-18(7-4-15)32-19-13-33-14-19)12-29-23(30)10-9-22(28-29)16-5-8-20(25)21(26)11-16/h3-11,17,19H,2,12-14H2,1H3,(H,27,31)/t17-/m1/s1. The van der Waals surface area contributed by atoms with Crippen LogP contribution >= 0.6 is 11.8 Å². The maximum atomic E-state index is 13.6. The van der Waals surface area contributed by atoms with Crippen LogP contribution < -0.4 is 15.6 Å². The molecule has 1 fully saturated rings. The van der Waals surface area contributed by atoms with Crippen molar-refractivity contribution in [2.75, 3.05) is 11.5 Å². The molecule has 9 heteroatoms. The van der Waals surface area contributed by atoms with E-state index >= 15 is 0 Å². The maximum Gasteiger partial charge on any atom is 0.266 e. The number of nitrogens with one attached hydrogen (secondary N) is 1. The van der Waals surface area contributed by atoms with E-state index in [1.807, 2.05) is 18.7 Å². The molecule has 1 atom stereocenters. The lowest BCUT2D eigenvalue weighted by Crippen LogP contribution is -2.40. The molecule has 1 N–H and O–H groups in total. The first-order chi connectivity index (χ1) is 15.9. The lowest BCUT2D eigenvalue weighted by molar-refractivity contribution is 0.0930. The second-order valence-electron chi connectivity index (χ2n) is 7.75. The van der Waals surface area contributed by atoms with Gasteiger partial charge in [-0.2, -0.15) is 16.9 Å². The molecule has 0 saturated carbocycles. The van der Waals surface area contributed by atoms with Gasteiger partial charge in [-0.25, -0.2) is 13.5 Å². The third-order valence-electron chi connectivity index (χ3n) is 5.33. The molecule has 1 aliphatic heterocycles. The Morgan fingerprint density at radius 2 is 1.91 bits per heavy atom.